The summed E-state index contributed by atoms with van der Waals surface area (Å²) in [6.07, 6.45) is 4.01. The predicted octanol–water partition coefficient (Wildman–Crippen LogP) is 3.95. The maximum absolute atomic E-state index is 12.4. The van der Waals surface area contributed by atoms with E-state index in [0.717, 1.165) is 29.0 Å². The van der Waals surface area contributed by atoms with Gasteiger partial charge in [-0.3, -0.25) is 9.59 Å². The van der Waals surface area contributed by atoms with E-state index in [1.54, 1.807) is 26.2 Å². The van der Waals surface area contributed by atoms with Gasteiger partial charge < -0.3 is 20.1 Å². The number of hydrogen-bond acceptors (Lipinski definition) is 4. The van der Waals surface area contributed by atoms with Gasteiger partial charge in [-0.2, -0.15) is 0 Å². The van der Waals surface area contributed by atoms with Crippen molar-refractivity contribution in [2.45, 2.75) is 33.2 Å². The van der Waals surface area contributed by atoms with Crippen LogP contribution in [0.1, 0.15) is 31.4 Å². The van der Waals surface area contributed by atoms with E-state index < -0.39 is 6.04 Å². The van der Waals surface area contributed by atoms with E-state index in [1.807, 2.05) is 50.2 Å². The fraction of sp³-hybridized carbons (Fsp3) is 0.304. The van der Waals surface area contributed by atoms with Gasteiger partial charge in [-0.1, -0.05) is 19.1 Å². The van der Waals surface area contributed by atoms with E-state index >= 15 is 0 Å². The molecule has 0 aromatic heterocycles. The second-order valence-electron chi connectivity index (χ2n) is 6.65. The normalized spacial score (nSPS) is 11.7. The molecule has 0 radical (unpaired) electrons. The molecule has 0 aliphatic carbocycles. The highest BCUT2D eigenvalue weighted by atomic mass is 16.5. The average Bonchev–Trinajstić information content (AvgIpc) is 2.72. The molecule has 0 heterocycles. The Kier molecular flexibility index (Phi) is 8.27. The van der Waals surface area contributed by atoms with Crippen molar-refractivity contribution in [1.29, 1.82) is 0 Å². The molecule has 29 heavy (non-hydrogen) atoms. The van der Waals surface area contributed by atoms with E-state index in [4.69, 9.17) is 9.47 Å². The Bertz CT molecular complexity index is 860. The number of carbonyl (C=O) groups is 2. The number of benzene rings is 2. The molecule has 0 spiro atoms. The summed E-state index contributed by atoms with van der Waals surface area (Å²) in [5.74, 6) is 0.884. The van der Waals surface area contributed by atoms with E-state index in [9.17, 15) is 9.59 Å². The second-order valence-corrected chi connectivity index (χ2v) is 6.65. The lowest BCUT2D eigenvalue weighted by Gasteiger charge is -2.15. The van der Waals surface area contributed by atoms with Crippen molar-refractivity contribution in [1.82, 2.24) is 5.32 Å². The Hall–Kier alpha value is -3.28. The monoisotopic (exact) mass is 396 g/mol. The van der Waals surface area contributed by atoms with Crippen molar-refractivity contribution in [3.63, 3.8) is 0 Å². The summed E-state index contributed by atoms with van der Waals surface area (Å²) in [6.45, 7) is 6.24. The number of aryl methyl sites for hydroxylation is 1. The van der Waals surface area contributed by atoms with Gasteiger partial charge in [0.2, 0.25) is 11.8 Å². The fourth-order valence-electron chi connectivity index (χ4n) is 2.54. The largest absolute Gasteiger partial charge is 0.497 e. The number of amides is 2. The van der Waals surface area contributed by atoms with Gasteiger partial charge in [-0.25, -0.2) is 0 Å². The topological polar surface area (TPSA) is 76.7 Å². The van der Waals surface area contributed by atoms with Gasteiger partial charge in [0, 0.05) is 11.8 Å². The Morgan fingerprint density at radius 2 is 1.79 bits per heavy atom. The molecular formula is C23H28N2O4. The smallest absolute Gasteiger partial charge is 0.246 e. The van der Waals surface area contributed by atoms with Crippen molar-refractivity contribution in [2.24, 2.45) is 0 Å². The van der Waals surface area contributed by atoms with E-state index in [2.05, 4.69) is 10.6 Å². The highest BCUT2D eigenvalue weighted by Crippen LogP contribution is 2.21. The molecule has 0 aliphatic heterocycles. The molecule has 0 saturated carbocycles. The standard InChI is InChI=1S/C23H28N2O4/c1-5-14-29-20-11-12-21(16(2)15-20)25-23(27)17(3)24-22(26)13-8-18-6-9-19(28-4)10-7-18/h6-13,15,17H,5,14H2,1-4H3,(H,24,26)(H,25,27)/b13-8+. The molecule has 0 fully saturated rings. The van der Waals surface area contributed by atoms with E-state index in [-0.39, 0.29) is 11.8 Å². The number of nitrogens with one attached hydrogen (secondary N) is 2. The van der Waals surface area contributed by atoms with Crippen molar-refractivity contribution in [3.05, 3.63) is 59.7 Å². The van der Waals surface area contributed by atoms with Crippen LogP contribution in [0, 0.1) is 6.92 Å². The third kappa shape index (κ3) is 6.99. The van der Waals surface area contributed by atoms with Gasteiger partial charge in [0.25, 0.3) is 0 Å². The van der Waals surface area contributed by atoms with Crippen LogP contribution in [0.3, 0.4) is 0 Å². The number of ether oxygens (including phenoxy) is 2. The zero-order valence-corrected chi connectivity index (χ0v) is 17.3. The maximum Gasteiger partial charge on any atom is 0.246 e. The van der Waals surface area contributed by atoms with Crippen LogP contribution >= 0.6 is 0 Å². The second kappa shape index (κ2) is 10.9. The van der Waals surface area contributed by atoms with Gasteiger partial charge in [0.15, 0.2) is 0 Å². The van der Waals surface area contributed by atoms with Crippen LogP contribution in [0.25, 0.3) is 6.08 Å². The molecule has 1 unspecified atom stereocenters. The van der Waals surface area contributed by atoms with E-state index in [1.165, 1.54) is 6.08 Å². The van der Waals surface area contributed by atoms with Crippen LogP contribution in [-0.2, 0) is 9.59 Å². The molecule has 0 saturated heterocycles. The molecule has 154 valence electrons. The first-order chi connectivity index (χ1) is 13.9. The quantitative estimate of drug-likeness (QED) is 0.629. The van der Waals surface area contributed by atoms with Gasteiger partial charge >= 0.3 is 0 Å². The average molecular weight is 396 g/mol. The molecule has 1 atom stereocenters. The van der Waals surface area contributed by atoms with Crippen molar-refractivity contribution in [2.75, 3.05) is 19.0 Å². The van der Waals surface area contributed by atoms with Crippen LogP contribution in [0.15, 0.2) is 48.5 Å². The lowest BCUT2D eigenvalue weighted by Crippen LogP contribution is -2.40. The van der Waals surface area contributed by atoms with E-state index in [0.29, 0.717) is 12.3 Å². The predicted molar refractivity (Wildman–Crippen MR) is 115 cm³/mol. The lowest BCUT2D eigenvalue weighted by atomic mass is 10.1. The van der Waals surface area contributed by atoms with Crippen LogP contribution in [0.5, 0.6) is 11.5 Å². The molecule has 0 bridgehead atoms. The minimum absolute atomic E-state index is 0.290. The number of methoxy groups -OCH3 is 1. The minimum atomic E-state index is -0.682. The molecule has 6 heteroatoms. The van der Waals surface area contributed by atoms with Gasteiger partial charge in [-0.05, 0) is 67.8 Å². The molecular weight excluding hydrogens is 368 g/mol. The molecule has 2 N–H and O–H groups in total. The molecule has 2 aromatic carbocycles. The van der Waals surface area contributed by atoms with Crippen LogP contribution in [0.2, 0.25) is 0 Å². The summed E-state index contributed by atoms with van der Waals surface area (Å²) in [5, 5.41) is 5.50. The first-order valence-electron chi connectivity index (χ1n) is 9.60. The Morgan fingerprint density at radius 1 is 1.10 bits per heavy atom. The van der Waals surface area contributed by atoms with Crippen molar-refractivity contribution in [3.8, 4) is 11.5 Å². The van der Waals surface area contributed by atoms with Crippen LogP contribution in [-0.4, -0.2) is 31.6 Å². The summed E-state index contributed by atoms with van der Waals surface area (Å²) in [7, 11) is 1.60. The Balaban J connectivity index is 1.89. The molecule has 2 amide bonds. The lowest BCUT2D eigenvalue weighted by molar-refractivity contribution is -0.123. The first kappa shape index (κ1) is 22.0. The minimum Gasteiger partial charge on any atom is -0.497 e. The molecule has 2 rings (SSSR count). The number of carbonyl (C=O) groups excluding carboxylic acids is 2. The summed E-state index contributed by atoms with van der Waals surface area (Å²) >= 11 is 0. The SMILES string of the molecule is CCCOc1ccc(NC(=O)C(C)NC(=O)/C=C/c2ccc(OC)cc2)c(C)c1. The zero-order valence-electron chi connectivity index (χ0n) is 17.3. The van der Waals surface area contributed by atoms with Crippen molar-refractivity contribution >= 4 is 23.6 Å². The van der Waals surface area contributed by atoms with Gasteiger partial charge in [0.05, 0.1) is 13.7 Å². The number of anilines is 1. The summed E-state index contributed by atoms with van der Waals surface area (Å²) < 4.78 is 10.7. The number of hydrogen-bond donors (Lipinski definition) is 2. The number of rotatable bonds is 9. The fourth-order valence-corrected chi connectivity index (χ4v) is 2.54. The first-order valence-corrected chi connectivity index (χ1v) is 9.60. The van der Waals surface area contributed by atoms with Gasteiger partial charge in [-0.15, -0.1) is 0 Å². The summed E-state index contributed by atoms with van der Waals surface area (Å²) in [4.78, 5) is 24.5. The Labute approximate surface area is 171 Å². The maximum atomic E-state index is 12.4. The highest BCUT2D eigenvalue weighted by molar-refractivity contribution is 6.00. The van der Waals surface area contributed by atoms with Crippen LogP contribution in [0.4, 0.5) is 5.69 Å². The van der Waals surface area contributed by atoms with Crippen LogP contribution < -0.4 is 20.1 Å². The van der Waals surface area contributed by atoms with Crippen molar-refractivity contribution < 1.29 is 19.1 Å². The summed E-state index contributed by atoms with van der Waals surface area (Å²) in [6, 6.07) is 12.1. The molecule has 0 aliphatic rings. The molecule has 6 nitrogen and oxygen atoms in total. The molecule has 2 aromatic rings. The Morgan fingerprint density at radius 3 is 2.41 bits per heavy atom. The third-order valence-corrected chi connectivity index (χ3v) is 4.22. The third-order valence-electron chi connectivity index (χ3n) is 4.22. The van der Waals surface area contributed by atoms with Gasteiger partial charge in [0.1, 0.15) is 17.5 Å². The summed E-state index contributed by atoms with van der Waals surface area (Å²) in [5.41, 5.74) is 2.44. The zero-order chi connectivity index (χ0) is 21.2. The highest BCUT2D eigenvalue weighted by Gasteiger charge is 2.15.